The summed E-state index contributed by atoms with van der Waals surface area (Å²) in [5.41, 5.74) is 0.430. The quantitative estimate of drug-likeness (QED) is 0.850. The lowest BCUT2D eigenvalue weighted by Gasteiger charge is -2.33. The summed E-state index contributed by atoms with van der Waals surface area (Å²) in [6.07, 6.45) is 8.06. The van der Waals surface area contributed by atoms with Crippen molar-refractivity contribution in [2.45, 2.75) is 58.5 Å². The molecule has 1 saturated carbocycles. The predicted molar refractivity (Wildman–Crippen MR) is 68.8 cm³/mol. The highest BCUT2D eigenvalue weighted by atomic mass is 15.3. The third-order valence-electron chi connectivity index (χ3n) is 4.32. The van der Waals surface area contributed by atoms with E-state index in [9.17, 15) is 0 Å². The maximum absolute atomic E-state index is 4.39. The third kappa shape index (κ3) is 2.51. The molecule has 1 heterocycles. The second-order valence-corrected chi connectivity index (χ2v) is 5.40. The van der Waals surface area contributed by atoms with Crippen molar-refractivity contribution in [3.05, 3.63) is 12.2 Å². The number of nitrogens with one attached hydrogen (secondary N) is 1. The normalized spacial score (nSPS) is 20.6. The number of nitrogens with zero attached hydrogens (tertiary/aromatic N) is 3. The first-order chi connectivity index (χ1) is 8.19. The summed E-state index contributed by atoms with van der Waals surface area (Å²) >= 11 is 0. The SMILES string of the molecule is CCn1ncnc1CC(NC)C1(C)CCCC1. The van der Waals surface area contributed by atoms with Crippen molar-refractivity contribution in [2.75, 3.05) is 7.05 Å². The zero-order valence-electron chi connectivity index (χ0n) is 11.2. The van der Waals surface area contributed by atoms with Crippen LogP contribution in [0.25, 0.3) is 0 Å². The Morgan fingerprint density at radius 2 is 2.18 bits per heavy atom. The lowest BCUT2D eigenvalue weighted by Crippen LogP contribution is -2.42. The molecule has 0 amide bonds. The van der Waals surface area contributed by atoms with E-state index in [0.717, 1.165) is 18.8 Å². The van der Waals surface area contributed by atoms with Crippen LogP contribution in [0.2, 0.25) is 0 Å². The predicted octanol–water partition coefficient (Wildman–Crippen LogP) is 2.01. The van der Waals surface area contributed by atoms with Crippen LogP contribution in [0.15, 0.2) is 6.33 Å². The number of likely N-dealkylation sites (N-methyl/N-ethyl adjacent to an activating group) is 1. The van der Waals surface area contributed by atoms with Gasteiger partial charge < -0.3 is 5.32 Å². The highest BCUT2D eigenvalue weighted by Gasteiger charge is 2.36. The Morgan fingerprint density at radius 1 is 1.47 bits per heavy atom. The second-order valence-electron chi connectivity index (χ2n) is 5.40. The van der Waals surface area contributed by atoms with Gasteiger partial charge in [-0.1, -0.05) is 19.8 Å². The van der Waals surface area contributed by atoms with Crippen molar-refractivity contribution in [2.24, 2.45) is 5.41 Å². The van der Waals surface area contributed by atoms with Gasteiger partial charge in [-0.3, -0.25) is 4.68 Å². The van der Waals surface area contributed by atoms with Crippen LogP contribution in [0.4, 0.5) is 0 Å². The van der Waals surface area contributed by atoms with Gasteiger partial charge in [-0.05, 0) is 32.2 Å². The maximum Gasteiger partial charge on any atom is 0.138 e. The maximum atomic E-state index is 4.39. The van der Waals surface area contributed by atoms with Crippen LogP contribution >= 0.6 is 0 Å². The fraction of sp³-hybridized carbons (Fsp3) is 0.846. The Hall–Kier alpha value is -0.900. The molecule has 0 radical (unpaired) electrons. The van der Waals surface area contributed by atoms with Crippen LogP contribution in [0.5, 0.6) is 0 Å². The minimum Gasteiger partial charge on any atom is -0.316 e. The van der Waals surface area contributed by atoms with E-state index < -0.39 is 0 Å². The van der Waals surface area contributed by atoms with Crippen LogP contribution in [0, 0.1) is 5.41 Å². The Balaban J connectivity index is 2.09. The van der Waals surface area contributed by atoms with Gasteiger partial charge in [0.25, 0.3) is 0 Å². The van der Waals surface area contributed by atoms with Crippen LogP contribution < -0.4 is 5.32 Å². The van der Waals surface area contributed by atoms with Gasteiger partial charge in [0.15, 0.2) is 0 Å². The molecule has 1 aliphatic carbocycles. The van der Waals surface area contributed by atoms with Crippen LogP contribution in [-0.4, -0.2) is 27.9 Å². The number of rotatable bonds is 5. The van der Waals surface area contributed by atoms with Gasteiger partial charge in [-0.25, -0.2) is 4.98 Å². The zero-order chi connectivity index (χ0) is 12.3. The lowest BCUT2D eigenvalue weighted by atomic mass is 9.79. The van der Waals surface area contributed by atoms with Crippen LogP contribution in [-0.2, 0) is 13.0 Å². The van der Waals surface area contributed by atoms with Gasteiger partial charge in [-0.2, -0.15) is 5.10 Å². The Kier molecular flexibility index (Phi) is 3.82. The summed E-state index contributed by atoms with van der Waals surface area (Å²) in [7, 11) is 2.07. The summed E-state index contributed by atoms with van der Waals surface area (Å²) in [4.78, 5) is 4.39. The summed E-state index contributed by atoms with van der Waals surface area (Å²) in [5, 5.41) is 7.74. The highest BCUT2D eigenvalue weighted by Crippen LogP contribution is 2.41. The van der Waals surface area contributed by atoms with Gasteiger partial charge >= 0.3 is 0 Å². The Labute approximate surface area is 104 Å². The first-order valence-electron chi connectivity index (χ1n) is 6.73. The molecule has 1 N–H and O–H groups in total. The molecule has 96 valence electrons. The van der Waals surface area contributed by atoms with Gasteiger partial charge in [0.2, 0.25) is 0 Å². The van der Waals surface area contributed by atoms with Crippen molar-refractivity contribution < 1.29 is 0 Å². The Morgan fingerprint density at radius 3 is 2.76 bits per heavy atom. The molecule has 2 rings (SSSR count). The molecule has 1 unspecified atom stereocenters. The largest absolute Gasteiger partial charge is 0.316 e. The molecule has 0 aliphatic heterocycles. The molecule has 1 aliphatic rings. The third-order valence-corrected chi connectivity index (χ3v) is 4.32. The zero-order valence-corrected chi connectivity index (χ0v) is 11.2. The average Bonchev–Trinajstić information content (AvgIpc) is 2.95. The van der Waals surface area contributed by atoms with Gasteiger partial charge in [0, 0.05) is 19.0 Å². The van der Waals surface area contributed by atoms with Crippen molar-refractivity contribution in [1.82, 2.24) is 20.1 Å². The average molecular weight is 236 g/mol. The molecular weight excluding hydrogens is 212 g/mol. The summed E-state index contributed by atoms with van der Waals surface area (Å²) in [6.45, 7) is 5.43. The van der Waals surface area contributed by atoms with E-state index in [1.165, 1.54) is 25.7 Å². The molecule has 0 aromatic carbocycles. The first-order valence-corrected chi connectivity index (χ1v) is 6.73. The minimum absolute atomic E-state index is 0.430. The highest BCUT2D eigenvalue weighted by molar-refractivity contribution is 4.98. The molecule has 0 saturated heterocycles. The number of hydrogen-bond acceptors (Lipinski definition) is 3. The number of aryl methyl sites for hydroxylation is 1. The Bertz CT molecular complexity index is 352. The smallest absolute Gasteiger partial charge is 0.138 e. The summed E-state index contributed by atoms with van der Waals surface area (Å²) in [5.74, 6) is 1.11. The van der Waals surface area contributed by atoms with E-state index in [1.807, 2.05) is 4.68 Å². The van der Waals surface area contributed by atoms with E-state index in [1.54, 1.807) is 6.33 Å². The van der Waals surface area contributed by atoms with E-state index >= 15 is 0 Å². The molecule has 4 heteroatoms. The molecule has 0 bridgehead atoms. The fourth-order valence-corrected chi connectivity index (χ4v) is 3.12. The van der Waals surface area contributed by atoms with Gasteiger partial charge in [-0.15, -0.1) is 0 Å². The fourth-order valence-electron chi connectivity index (χ4n) is 3.12. The van der Waals surface area contributed by atoms with E-state index in [2.05, 4.69) is 36.3 Å². The van der Waals surface area contributed by atoms with Crippen molar-refractivity contribution >= 4 is 0 Å². The molecule has 1 fully saturated rings. The van der Waals surface area contributed by atoms with Crippen LogP contribution in [0.1, 0.15) is 45.4 Å². The lowest BCUT2D eigenvalue weighted by molar-refractivity contribution is 0.225. The van der Waals surface area contributed by atoms with E-state index in [0.29, 0.717) is 11.5 Å². The second kappa shape index (κ2) is 5.17. The molecule has 1 atom stereocenters. The molecule has 17 heavy (non-hydrogen) atoms. The molecule has 4 nitrogen and oxygen atoms in total. The van der Waals surface area contributed by atoms with Gasteiger partial charge in [0.1, 0.15) is 12.2 Å². The minimum atomic E-state index is 0.430. The standard InChI is InChI=1S/C13H24N4/c1-4-17-12(15-10-16-17)9-11(14-3)13(2)7-5-6-8-13/h10-11,14H,4-9H2,1-3H3. The summed E-state index contributed by atoms with van der Waals surface area (Å²) < 4.78 is 2.00. The van der Waals surface area contributed by atoms with Crippen molar-refractivity contribution in [1.29, 1.82) is 0 Å². The van der Waals surface area contributed by atoms with Crippen molar-refractivity contribution in [3.8, 4) is 0 Å². The monoisotopic (exact) mass is 236 g/mol. The first kappa shape index (κ1) is 12.6. The molecule has 1 aromatic heterocycles. The number of aromatic nitrogens is 3. The summed E-state index contributed by atoms with van der Waals surface area (Å²) in [6, 6.07) is 0.513. The number of hydrogen-bond donors (Lipinski definition) is 1. The van der Waals surface area contributed by atoms with E-state index in [-0.39, 0.29) is 0 Å². The van der Waals surface area contributed by atoms with Gasteiger partial charge in [0.05, 0.1) is 0 Å². The topological polar surface area (TPSA) is 42.7 Å². The molecule has 1 aromatic rings. The molecule has 0 spiro atoms. The molecular formula is C13H24N4. The van der Waals surface area contributed by atoms with Crippen molar-refractivity contribution in [3.63, 3.8) is 0 Å². The van der Waals surface area contributed by atoms with Crippen LogP contribution in [0.3, 0.4) is 0 Å². The van der Waals surface area contributed by atoms with E-state index in [4.69, 9.17) is 0 Å².